The third kappa shape index (κ3) is 2.12. The summed E-state index contributed by atoms with van der Waals surface area (Å²) in [5.74, 6) is 1.88. The zero-order valence-electron chi connectivity index (χ0n) is 11.7. The van der Waals surface area contributed by atoms with Crippen molar-refractivity contribution in [3.63, 3.8) is 0 Å². The zero-order chi connectivity index (χ0) is 13.2. The predicted molar refractivity (Wildman–Crippen MR) is 76.7 cm³/mol. The lowest BCUT2D eigenvalue weighted by molar-refractivity contribution is 0.156. The minimum absolute atomic E-state index is 0.387. The molecule has 0 spiro atoms. The Bertz CT molecular complexity index is 481. The van der Waals surface area contributed by atoms with Gasteiger partial charge in [-0.3, -0.25) is 4.90 Å². The van der Waals surface area contributed by atoms with E-state index in [1.807, 2.05) is 18.2 Å². The van der Waals surface area contributed by atoms with Gasteiger partial charge in [0.05, 0.1) is 18.7 Å². The maximum atomic E-state index is 5.95. The lowest BCUT2D eigenvalue weighted by Crippen LogP contribution is -2.45. The highest BCUT2D eigenvalue weighted by molar-refractivity contribution is 5.80. The van der Waals surface area contributed by atoms with E-state index in [0.717, 1.165) is 43.2 Å². The molecule has 0 saturated heterocycles. The fraction of sp³-hybridized carbons (Fsp3) is 0.500. The molecule has 3 rings (SSSR count). The molecule has 0 aliphatic carbocycles. The largest absolute Gasteiger partial charge is 0.496 e. The van der Waals surface area contributed by atoms with Gasteiger partial charge in [-0.1, -0.05) is 19.1 Å². The van der Waals surface area contributed by atoms with Crippen molar-refractivity contribution in [2.75, 3.05) is 26.8 Å². The van der Waals surface area contributed by atoms with Crippen LogP contribution in [0.25, 0.3) is 5.57 Å². The summed E-state index contributed by atoms with van der Waals surface area (Å²) in [6.07, 6.45) is 4.66. The van der Waals surface area contributed by atoms with Crippen LogP contribution in [0.5, 0.6) is 11.5 Å². The lowest BCUT2D eigenvalue weighted by Gasteiger charge is -2.40. The number of fused-ring (bicyclic) bond motifs is 3. The van der Waals surface area contributed by atoms with E-state index in [4.69, 9.17) is 9.47 Å². The van der Waals surface area contributed by atoms with Gasteiger partial charge in [0.15, 0.2) is 0 Å². The van der Waals surface area contributed by atoms with E-state index in [1.54, 1.807) is 7.11 Å². The van der Waals surface area contributed by atoms with Crippen LogP contribution in [-0.2, 0) is 0 Å². The number of hydrogen-bond donors (Lipinski definition) is 0. The van der Waals surface area contributed by atoms with Crippen LogP contribution in [0.2, 0.25) is 0 Å². The predicted octanol–water partition coefficient (Wildman–Crippen LogP) is 2.96. The second-order valence-corrected chi connectivity index (χ2v) is 5.14. The molecule has 2 aliphatic rings. The van der Waals surface area contributed by atoms with Crippen molar-refractivity contribution in [2.45, 2.75) is 25.8 Å². The van der Waals surface area contributed by atoms with E-state index >= 15 is 0 Å². The summed E-state index contributed by atoms with van der Waals surface area (Å²) in [5, 5.41) is 0. The number of ether oxygens (including phenoxy) is 2. The molecule has 0 amide bonds. The van der Waals surface area contributed by atoms with Crippen LogP contribution in [0.1, 0.15) is 25.3 Å². The Hall–Kier alpha value is -1.48. The average molecular weight is 259 g/mol. The molecular weight excluding hydrogens is 238 g/mol. The third-order valence-electron chi connectivity index (χ3n) is 3.98. The Morgan fingerprint density at radius 1 is 1.42 bits per heavy atom. The summed E-state index contributed by atoms with van der Waals surface area (Å²) >= 11 is 0. The third-order valence-corrected chi connectivity index (χ3v) is 3.98. The highest BCUT2D eigenvalue weighted by atomic mass is 16.5. The first-order valence-corrected chi connectivity index (χ1v) is 7.09. The van der Waals surface area contributed by atoms with Crippen molar-refractivity contribution >= 4 is 5.57 Å². The number of nitrogens with zero attached hydrogens (tertiary/aromatic N) is 1. The molecule has 0 fully saturated rings. The van der Waals surface area contributed by atoms with Crippen molar-refractivity contribution in [2.24, 2.45) is 0 Å². The van der Waals surface area contributed by atoms with Crippen molar-refractivity contribution in [3.8, 4) is 11.5 Å². The van der Waals surface area contributed by atoms with E-state index in [1.165, 1.54) is 12.0 Å². The van der Waals surface area contributed by atoms with Gasteiger partial charge in [0.25, 0.3) is 0 Å². The Kier molecular flexibility index (Phi) is 3.47. The SMILES string of the molecule is CCCN1CCC=C2c3c(OC)cccc3OCC21. The van der Waals surface area contributed by atoms with Gasteiger partial charge in [0, 0.05) is 6.54 Å². The number of benzene rings is 1. The van der Waals surface area contributed by atoms with Crippen molar-refractivity contribution in [1.29, 1.82) is 0 Å². The molecule has 1 aromatic rings. The topological polar surface area (TPSA) is 21.7 Å². The van der Waals surface area contributed by atoms with Crippen LogP contribution in [0, 0.1) is 0 Å². The van der Waals surface area contributed by atoms with E-state index in [0.29, 0.717) is 6.04 Å². The second-order valence-electron chi connectivity index (χ2n) is 5.14. The first-order valence-electron chi connectivity index (χ1n) is 7.09. The molecular formula is C16H21NO2. The Morgan fingerprint density at radius 2 is 2.32 bits per heavy atom. The van der Waals surface area contributed by atoms with Crippen molar-refractivity contribution in [3.05, 3.63) is 29.8 Å². The maximum Gasteiger partial charge on any atom is 0.130 e. The van der Waals surface area contributed by atoms with Crippen LogP contribution >= 0.6 is 0 Å². The fourth-order valence-corrected chi connectivity index (χ4v) is 3.15. The minimum atomic E-state index is 0.387. The van der Waals surface area contributed by atoms with Crippen LogP contribution < -0.4 is 9.47 Å². The minimum Gasteiger partial charge on any atom is -0.496 e. The molecule has 0 N–H and O–H groups in total. The summed E-state index contributed by atoms with van der Waals surface area (Å²) < 4.78 is 11.5. The first kappa shape index (κ1) is 12.5. The second kappa shape index (κ2) is 5.25. The molecule has 102 valence electrons. The number of methoxy groups -OCH3 is 1. The quantitative estimate of drug-likeness (QED) is 0.833. The molecule has 0 aromatic heterocycles. The molecule has 0 radical (unpaired) electrons. The fourth-order valence-electron chi connectivity index (χ4n) is 3.15. The van der Waals surface area contributed by atoms with E-state index in [-0.39, 0.29) is 0 Å². The van der Waals surface area contributed by atoms with Crippen LogP contribution in [0.3, 0.4) is 0 Å². The van der Waals surface area contributed by atoms with Gasteiger partial charge in [-0.15, -0.1) is 0 Å². The van der Waals surface area contributed by atoms with Gasteiger partial charge in [-0.05, 0) is 37.1 Å². The molecule has 0 bridgehead atoms. The summed E-state index contributed by atoms with van der Waals surface area (Å²) in [6.45, 7) is 5.26. The molecule has 2 heterocycles. The maximum absolute atomic E-state index is 5.95. The van der Waals surface area contributed by atoms with E-state index in [2.05, 4.69) is 17.9 Å². The van der Waals surface area contributed by atoms with Gasteiger partial charge in [0.2, 0.25) is 0 Å². The van der Waals surface area contributed by atoms with Crippen molar-refractivity contribution < 1.29 is 9.47 Å². The summed E-state index contributed by atoms with van der Waals surface area (Å²) in [6, 6.07) is 6.43. The van der Waals surface area contributed by atoms with Gasteiger partial charge in [-0.25, -0.2) is 0 Å². The lowest BCUT2D eigenvalue weighted by atomic mass is 9.90. The van der Waals surface area contributed by atoms with Gasteiger partial charge >= 0.3 is 0 Å². The molecule has 3 heteroatoms. The van der Waals surface area contributed by atoms with E-state index in [9.17, 15) is 0 Å². The van der Waals surface area contributed by atoms with Crippen LogP contribution in [-0.4, -0.2) is 37.7 Å². The van der Waals surface area contributed by atoms with Crippen molar-refractivity contribution in [1.82, 2.24) is 4.90 Å². The molecule has 2 aliphatic heterocycles. The van der Waals surface area contributed by atoms with E-state index < -0.39 is 0 Å². The summed E-state index contributed by atoms with van der Waals surface area (Å²) in [4.78, 5) is 2.53. The average Bonchev–Trinajstić information content (AvgIpc) is 2.47. The molecule has 3 nitrogen and oxygen atoms in total. The first-order chi connectivity index (χ1) is 9.35. The van der Waals surface area contributed by atoms with Gasteiger partial charge in [0.1, 0.15) is 18.1 Å². The highest BCUT2D eigenvalue weighted by Gasteiger charge is 2.33. The van der Waals surface area contributed by atoms with Crippen LogP contribution in [0.4, 0.5) is 0 Å². The summed E-state index contributed by atoms with van der Waals surface area (Å²) in [5.41, 5.74) is 2.54. The summed E-state index contributed by atoms with van der Waals surface area (Å²) in [7, 11) is 1.73. The normalized spacial score (nSPS) is 22.0. The molecule has 19 heavy (non-hydrogen) atoms. The monoisotopic (exact) mass is 259 g/mol. The number of hydrogen-bond acceptors (Lipinski definition) is 3. The van der Waals surface area contributed by atoms with Crippen LogP contribution in [0.15, 0.2) is 24.3 Å². The van der Waals surface area contributed by atoms with Gasteiger partial charge < -0.3 is 9.47 Å². The standard InChI is InChI=1S/C16H21NO2/c1-3-9-17-10-5-6-12-13(17)11-19-15-8-4-7-14(18-2)16(12)15/h4,6-8,13H,3,5,9-11H2,1-2H3. The smallest absolute Gasteiger partial charge is 0.130 e. The molecule has 0 saturated carbocycles. The Morgan fingerprint density at radius 3 is 3.11 bits per heavy atom. The molecule has 1 aromatic carbocycles. The number of rotatable bonds is 3. The Balaban J connectivity index is 2.02. The molecule has 1 unspecified atom stereocenters. The highest BCUT2D eigenvalue weighted by Crippen LogP contribution is 2.42. The molecule has 1 atom stereocenters. The van der Waals surface area contributed by atoms with Gasteiger partial charge in [-0.2, -0.15) is 0 Å². The Labute approximate surface area is 114 Å². The zero-order valence-corrected chi connectivity index (χ0v) is 11.7.